The van der Waals surface area contributed by atoms with Gasteiger partial charge in [0.05, 0.1) is 5.69 Å². The Kier molecular flexibility index (Phi) is 3.66. The van der Waals surface area contributed by atoms with Gasteiger partial charge in [-0.1, -0.05) is 54.6 Å². The third-order valence-electron chi connectivity index (χ3n) is 6.06. The van der Waals surface area contributed by atoms with Crippen LogP contribution in [0.15, 0.2) is 85.1 Å². The number of rotatable bonds is 1. The van der Waals surface area contributed by atoms with Crippen molar-refractivity contribution in [1.29, 1.82) is 0 Å². The Labute approximate surface area is 176 Å². The van der Waals surface area contributed by atoms with E-state index in [0.29, 0.717) is 0 Å². The summed E-state index contributed by atoms with van der Waals surface area (Å²) in [5.41, 5.74) is 7.94. The van der Waals surface area contributed by atoms with Gasteiger partial charge in [0.2, 0.25) is 0 Å². The predicted octanol–water partition coefficient (Wildman–Crippen LogP) is 6.03. The molecule has 0 N–H and O–H groups in total. The number of anilines is 4. The normalized spacial score (nSPS) is 13.7. The molecule has 2 aliphatic rings. The molecular weight excluding hydrogens is 369 g/mol. The third-order valence-corrected chi connectivity index (χ3v) is 6.06. The Balaban J connectivity index is 1.69. The molecule has 0 atom stereocenters. The lowest BCUT2D eigenvalue weighted by Crippen LogP contribution is -2.48. The van der Waals surface area contributed by atoms with Crippen LogP contribution >= 0.6 is 0 Å². The van der Waals surface area contributed by atoms with Crippen molar-refractivity contribution in [3.05, 3.63) is 96.2 Å². The highest BCUT2D eigenvalue weighted by atomic mass is 16.5. The smallest absolute Gasteiger partial charge is 0.522 e. The first kappa shape index (κ1) is 17.2. The Bertz CT molecular complexity index is 1270. The highest BCUT2D eigenvalue weighted by molar-refractivity contribution is 6.68. The van der Waals surface area contributed by atoms with Crippen LogP contribution in [0, 0.1) is 13.8 Å². The molecule has 1 aromatic heterocycles. The van der Waals surface area contributed by atoms with Gasteiger partial charge in [-0.15, -0.1) is 0 Å². The van der Waals surface area contributed by atoms with Crippen molar-refractivity contribution < 1.29 is 4.65 Å². The molecule has 0 aliphatic carbocycles. The zero-order chi connectivity index (χ0) is 20.2. The molecule has 3 heterocycles. The molecule has 0 saturated heterocycles. The Hall–Kier alpha value is -3.73. The van der Waals surface area contributed by atoms with E-state index in [1.165, 1.54) is 11.1 Å². The van der Waals surface area contributed by atoms with E-state index in [-0.39, 0.29) is 7.19 Å². The summed E-state index contributed by atoms with van der Waals surface area (Å²) in [7, 11) is -0.361. The molecule has 30 heavy (non-hydrogen) atoms. The van der Waals surface area contributed by atoms with E-state index in [0.717, 1.165) is 39.8 Å². The summed E-state index contributed by atoms with van der Waals surface area (Å²) >= 11 is 0. The van der Waals surface area contributed by atoms with E-state index in [1.807, 2.05) is 24.4 Å². The minimum absolute atomic E-state index is 0.361. The Morgan fingerprint density at radius 3 is 2.30 bits per heavy atom. The highest BCUT2D eigenvalue weighted by Gasteiger charge is 2.50. The van der Waals surface area contributed by atoms with Crippen molar-refractivity contribution in [3.63, 3.8) is 0 Å². The molecule has 0 amide bonds. The van der Waals surface area contributed by atoms with Gasteiger partial charge in [0.25, 0.3) is 0 Å². The van der Waals surface area contributed by atoms with Gasteiger partial charge in [0.1, 0.15) is 11.6 Å². The molecular formula is C25H20BN3O. The zero-order valence-corrected chi connectivity index (χ0v) is 16.9. The lowest BCUT2D eigenvalue weighted by Gasteiger charge is -2.27. The summed E-state index contributed by atoms with van der Waals surface area (Å²) in [6, 6.07) is 27.1. The molecule has 0 saturated carbocycles. The number of benzene rings is 3. The first-order chi connectivity index (χ1) is 14.7. The minimum Gasteiger partial charge on any atom is -0.522 e. The second-order valence-corrected chi connectivity index (χ2v) is 7.77. The Morgan fingerprint density at radius 1 is 0.767 bits per heavy atom. The van der Waals surface area contributed by atoms with E-state index in [9.17, 15) is 0 Å². The summed E-state index contributed by atoms with van der Waals surface area (Å²) in [6.45, 7) is 4.28. The number of hydrogen-bond acceptors (Lipinski definition) is 4. The fourth-order valence-electron chi connectivity index (χ4n) is 4.47. The lowest BCUT2D eigenvalue weighted by atomic mass is 9.93. The first-order valence-electron chi connectivity index (χ1n) is 10.2. The average molecular weight is 389 g/mol. The van der Waals surface area contributed by atoms with Crippen LogP contribution in [0.25, 0.3) is 11.1 Å². The number of fused-ring (bicyclic) bond motifs is 7. The predicted molar refractivity (Wildman–Crippen MR) is 123 cm³/mol. The lowest BCUT2D eigenvalue weighted by molar-refractivity contribution is 0.572. The maximum Gasteiger partial charge on any atom is 0.629 e. The molecule has 0 bridgehead atoms. The minimum atomic E-state index is -0.361. The van der Waals surface area contributed by atoms with Crippen molar-refractivity contribution in [2.45, 2.75) is 13.8 Å². The van der Waals surface area contributed by atoms with E-state index in [1.54, 1.807) is 0 Å². The largest absolute Gasteiger partial charge is 0.629 e. The van der Waals surface area contributed by atoms with Gasteiger partial charge in [0.15, 0.2) is 0 Å². The summed E-state index contributed by atoms with van der Waals surface area (Å²) in [6.07, 6.45) is 1.95. The summed E-state index contributed by atoms with van der Waals surface area (Å²) < 4.78 is 6.72. The van der Waals surface area contributed by atoms with Gasteiger partial charge in [-0.25, -0.2) is 4.98 Å². The van der Waals surface area contributed by atoms with E-state index in [4.69, 9.17) is 9.64 Å². The standard InChI is InChI=1S/C25H20BN3O/c1-17-16-27-25-24(18(17)2)29-22-14-8-6-12-20(22)21-13-7-9-15-23(21)30-26(29)28(25)19-10-4-3-5-11-19/h3-16H,1-2H3. The molecule has 2 aliphatic heterocycles. The van der Waals surface area contributed by atoms with Crippen molar-refractivity contribution in [2.24, 2.45) is 0 Å². The topological polar surface area (TPSA) is 28.6 Å². The van der Waals surface area contributed by atoms with E-state index < -0.39 is 0 Å². The van der Waals surface area contributed by atoms with Crippen molar-refractivity contribution in [2.75, 3.05) is 9.62 Å². The van der Waals surface area contributed by atoms with Crippen LogP contribution in [0.2, 0.25) is 0 Å². The SMILES string of the molecule is Cc1cnc2c(c1C)N1B(Oc3ccccc3-c3ccccc31)N2c1ccccc1. The van der Waals surface area contributed by atoms with Crippen LogP contribution in [0.1, 0.15) is 11.1 Å². The van der Waals surface area contributed by atoms with Gasteiger partial charge < -0.3 is 14.3 Å². The second-order valence-electron chi connectivity index (χ2n) is 7.77. The number of pyridine rings is 1. The van der Waals surface area contributed by atoms with Gasteiger partial charge in [-0.3, -0.25) is 0 Å². The van der Waals surface area contributed by atoms with Crippen molar-refractivity contribution in [1.82, 2.24) is 4.98 Å². The number of aromatic nitrogens is 1. The van der Waals surface area contributed by atoms with Gasteiger partial charge in [0, 0.05) is 28.7 Å². The maximum atomic E-state index is 6.72. The molecule has 0 unspecified atom stereocenters. The quantitative estimate of drug-likeness (QED) is 0.372. The molecule has 5 heteroatoms. The monoisotopic (exact) mass is 389 g/mol. The van der Waals surface area contributed by atoms with Gasteiger partial charge >= 0.3 is 7.19 Å². The molecule has 4 aromatic rings. The highest BCUT2D eigenvalue weighted by Crippen LogP contribution is 2.52. The summed E-state index contributed by atoms with van der Waals surface area (Å²) in [5.74, 6) is 1.80. The first-order valence-corrected chi connectivity index (χ1v) is 10.2. The number of aryl methyl sites for hydroxylation is 1. The Morgan fingerprint density at radius 2 is 1.47 bits per heavy atom. The fraction of sp³-hybridized carbons (Fsp3) is 0.0800. The number of nitrogens with zero attached hydrogens (tertiary/aromatic N) is 3. The molecule has 0 radical (unpaired) electrons. The van der Waals surface area contributed by atoms with E-state index in [2.05, 4.69) is 84.1 Å². The van der Waals surface area contributed by atoms with Crippen LogP contribution in [-0.2, 0) is 0 Å². The van der Waals surface area contributed by atoms with E-state index >= 15 is 0 Å². The molecule has 0 fully saturated rings. The maximum absolute atomic E-state index is 6.72. The van der Waals surface area contributed by atoms with Crippen molar-refractivity contribution >= 4 is 30.1 Å². The number of para-hydroxylation sites is 3. The molecule has 6 rings (SSSR count). The van der Waals surface area contributed by atoms with Crippen LogP contribution in [0.5, 0.6) is 5.75 Å². The van der Waals surface area contributed by atoms with Gasteiger partial charge in [-0.2, -0.15) is 0 Å². The molecule has 3 aromatic carbocycles. The fourth-order valence-corrected chi connectivity index (χ4v) is 4.47. The summed E-state index contributed by atoms with van der Waals surface area (Å²) in [5, 5.41) is 0. The molecule has 144 valence electrons. The van der Waals surface area contributed by atoms with Crippen molar-refractivity contribution in [3.8, 4) is 16.9 Å². The average Bonchev–Trinajstić information content (AvgIpc) is 3.04. The van der Waals surface area contributed by atoms with Crippen LogP contribution < -0.4 is 14.3 Å². The summed E-state index contributed by atoms with van der Waals surface area (Å²) in [4.78, 5) is 9.36. The number of hydrogen-bond donors (Lipinski definition) is 0. The molecule has 0 spiro atoms. The third kappa shape index (κ3) is 2.32. The van der Waals surface area contributed by atoms with Crippen LogP contribution in [0.3, 0.4) is 0 Å². The second kappa shape index (κ2) is 6.39. The molecule has 4 nitrogen and oxygen atoms in total. The van der Waals surface area contributed by atoms with Crippen LogP contribution in [0.4, 0.5) is 22.9 Å². The van der Waals surface area contributed by atoms with Crippen LogP contribution in [-0.4, -0.2) is 12.2 Å². The van der Waals surface area contributed by atoms with Gasteiger partial charge in [-0.05, 0) is 49.2 Å². The zero-order valence-electron chi connectivity index (χ0n) is 16.9.